The first-order valence-corrected chi connectivity index (χ1v) is 10.8. The Hall–Kier alpha value is -3.40. The standard InChI is InChI=1S/C27H28N2O2/c1-19(2)22-15-13-21(14-16-22)18-29-25-12-8-7-11-24(25)28(17-20(3)26(29)30)27(31)23-9-5-4-6-10-23/h4-16,19-20H,17-18H2,1-3H3. The molecule has 1 atom stereocenters. The van der Waals surface area contributed by atoms with Crippen molar-refractivity contribution in [2.45, 2.75) is 33.2 Å². The Morgan fingerprint density at radius 3 is 2.16 bits per heavy atom. The Balaban J connectivity index is 1.72. The second-order valence-electron chi connectivity index (χ2n) is 8.49. The van der Waals surface area contributed by atoms with Crippen molar-refractivity contribution in [1.29, 1.82) is 0 Å². The monoisotopic (exact) mass is 412 g/mol. The SMILES string of the molecule is CC1CN(C(=O)c2ccccc2)c2ccccc2N(Cc2ccc(C(C)C)cc2)C1=O. The average Bonchev–Trinajstić information content (AvgIpc) is 2.90. The van der Waals surface area contributed by atoms with Gasteiger partial charge in [0, 0.05) is 12.1 Å². The van der Waals surface area contributed by atoms with Crippen LogP contribution in [0, 0.1) is 5.92 Å². The Kier molecular flexibility index (Phi) is 5.90. The molecule has 31 heavy (non-hydrogen) atoms. The first-order chi connectivity index (χ1) is 15.0. The van der Waals surface area contributed by atoms with E-state index < -0.39 is 0 Å². The lowest BCUT2D eigenvalue weighted by atomic mass is 10.0. The highest BCUT2D eigenvalue weighted by atomic mass is 16.2. The minimum Gasteiger partial charge on any atom is -0.306 e. The van der Waals surface area contributed by atoms with Gasteiger partial charge in [-0.3, -0.25) is 9.59 Å². The summed E-state index contributed by atoms with van der Waals surface area (Å²) in [5.41, 5.74) is 4.51. The smallest absolute Gasteiger partial charge is 0.258 e. The molecule has 1 heterocycles. The number of para-hydroxylation sites is 2. The van der Waals surface area contributed by atoms with Crippen LogP contribution in [-0.2, 0) is 11.3 Å². The highest BCUT2D eigenvalue weighted by Gasteiger charge is 2.34. The maximum absolute atomic E-state index is 13.4. The maximum atomic E-state index is 13.4. The average molecular weight is 413 g/mol. The molecule has 4 rings (SSSR count). The third-order valence-electron chi connectivity index (χ3n) is 5.86. The summed E-state index contributed by atoms with van der Waals surface area (Å²) >= 11 is 0. The summed E-state index contributed by atoms with van der Waals surface area (Å²) in [6.07, 6.45) is 0. The number of hydrogen-bond acceptors (Lipinski definition) is 2. The highest BCUT2D eigenvalue weighted by molar-refractivity contribution is 6.11. The fourth-order valence-corrected chi connectivity index (χ4v) is 4.04. The number of hydrogen-bond donors (Lipinski definition) is 0. The molecule has 1 unspecified atom stereocenters. The predicted molar refractivity (Wildman–Crippen MR) is 125 cm³/mol. The van der Waals surface area contributed by atoms with E-state index in [0.29, 0.717) is 24.6 Å². The van der Waals surface area contributed by atoms with Crippen molar-refractivity contribution in [2.24, 2.45) is 5.92 Å². The van der Waals surface area contributed by atoms with E-state index in [1.54, 1.807) is 4.90 Å². The lowest BCUT2D eigenvalue weighted by Crippen LogP contribution is -2.38. The number of fused-ring (bicyclic) bond motifs is 1. The van der Waals surface area contributed by atoms with Crippen LogP contribution in [0.1, 0.15) is 48.2 Å². The summed E-state index contributed by atoms with van der Waals surface area (Å²) in [6.45, 7) is 7.07. The number of amides is 2. The summed E-state index contributed by atoms with van der Waals surface area (Å²) in [4.78, 5) is 30.3. The van der Waals surface area contributed by atoms with Gasteiger partial charge in [0.1, 0.15) is 0 Å². The third-order valence-corrected chi connectivity index (χ3v) is 5.86. The van der Waals surface area contributed by atoms with Crippen molar-refractivity contribution in [3.8, 4) is 0 Å². The van der Waals surface area contributed by atoms with E-state index in [2.05, 4.69) is 38.1 Å². The van der Waals surface area contributed by atoms with Crippen molar-refractivity contribution in [1.82, 2.24) is 0 Å². The molecule has 1 aliphatic rings. The van der Waals surface area contributed by atoms with Gasteiger partial charge in [0.25, 0.3) is 5.91 Å². The Morgan fingerprint density at radius 2 is 1.52 bits per heavy atom. The molecule has 4 nitrogen and oxygen atoms in total. The Labute approximate surface area is 184 Å². The van der Waals surface area contributed by atoms with E-state index in [1.165, 1.54) is 5.56 Å². The van der Waals surface area contributed by atoms with Crippen LogP contribution in [0.25, 0.3) is 0 Å². The van der Waals surface area contributed by atoms with Gasteiger partial charge in [-0.25, -0.2) is 0 Å². The summed E-state index contributed by atoms with van der Waals surface area (Å²) < 4.78 is 0. The fourth-order valence-electron chi connectivity index (χ4n) is 4.04. The quantitative estimate of drug-likeness (QED) is 0.556. The predicted octanol–water partition coefficient (Wildman–Crippen LogP) is 5.64. The van der Waals surface area contributed by atoms with Crippen LogP contribution < -0.4 is 9.80 Å². The van der Waals surface area contributed by atoms with Crippen LogP contribution in [-0.4, -0.2) is 18.4 Å². The van der Waals surface area contributed by atoms with Gasteiger partial charge >= 0.3 is 0 Å². The molecule has 0 fully saturated rings. The zero-order chi connectivity index (χ0) is 22.0. The fraction of sp³-hybridized carbons (Fsp3) is 0.259. The zero-order valence-corrected chi connectivity index (χ0v) is 18.3. The van der Waals surface area contributed by atoms with Gasteiger partial charge in [-0.1, -0.05) is 75.4 Å². The second-order valence-corrected chi connectivity index (χ2v) is 8.49. The number of anilines is 2. The maximum Gasteiger partial charge on any atom is 0.258 e. The Morgan fingerprint density at radius 1 is 0.903 bits per heavy atom. The summed E-state index contributed by atoms with van der Waals surface area (Å²) in [5.74, 6) is 0.0988. The molecule has 3 aromatic carbocycles. The third kappa shape index (κ3) is 4.24. The van der Waals surface area contributed by atoms with Crippen LogP contribution in [0.2, 0.25) is 0 Å². The van der Waals surface area contributed by atoms with Gasteiger partial charge in [0.15, 0.2) is 0 Å². The van der Waals surface area contributed by atoms with Gasteiger partial charge in [0.2, 0.25) is 5.91 Å². The Bertz CT molecular complexity index is 1070. The van der Waals surface area contributed by atoms with Crippen molar-refractivity contribution >= 4 is 23.2 Å². The molecular formula is C27H28N2O2. The van der Waals surface area contributed by atoms with Gasteiger partial charge in [-0.05, 0) is 41.3 Å². The molecule has 0 radical (unpaired) electrons. The molecule has 4 heteroatoms. The molecular weight excluding hydrogens is 384 g/mol. The first-order valence-electron chi connectivity index (χ1n) is 10.8. The minimum atomic E-state index is -0.310. The van der Waals surface area contributed by atoms with Crippen molar-refractivity contribution in [2.75, 3.05) is 16.3 Å². The zero-order valence-electron chi connectivity index (χ0n) is 18.3. The number of rotatable bonds is 4. The molecule has 0 saturated carbocycles. The number of nitrogens with zero attached hydrogens (tertiary/aromatic N) is 2. The first kappa shape index (κ1) is 20.9. The van der Waals surface area contributed by atoms with Crippen molar-refractivity contribution in [3.05, 3.63) is 95.6 Å². The molecule has 158 valence electrons. The molecule has 0 aliphatic carbocycles. The van der Waals surface area contributed by atoms with E-state index >= 15 is 0 Å². The lowest BCUT2D eigenvalue weighted by Gasteiger charge is -2.26. The van der Waals surface area contributed by atoms with Gasteiger partial charge in [-0.15, -0.1) is 0 Å². The van der Waals surface area contributed by atoms with Crippen LogP contribution in [0.15, 0.2) is 78.9 Å². The van der Waals surface area contributed by atoms with Crippen LogP contribution in [0.4, 0.5) is 11.4 Å². The second kappa shape index (κ2) is 8.76. The highest BCUT2D eigenvalue weighted by Crippen LogP contribution is 2.36. The summed E-state index contributed by atoms with van der Waals surface area (Å²) in [7, 11) is 0. The molecule has 0 spiro atoms. The molecule has 2 amide bonds. The minimum absolute atomic E-state index is 0.0312. The van der Waals surface area contributed by atoms with Crippen LogP contribution in [0.5, 0.6) is 0 Å². The summed E-state index contributed by atoms with van der Waals surface area (Å²) in [5, 5.41) is 0. The van der Waals surface area contributed by atoms with Gasteiger partial charge in [-0.2, -0.15) is 0 Å². The topological polar surface area (TPSA) is 40.6 Å². The van der Waals surface area contributed by atoms with Crippen LogP contribution in [0.3, 0.4) is 0 Å². The molecule has 0 saturated heterocycles. The number of carbonyl (C=O) groups excluding carboxylic acids is 2. The van der Waals surface area contributed by atoms with E-state index in [4.69, 9.17) is 0 Å². The normalized spacial score (nSPS) is 16.3. The lowest BCUT2D eigenvalue weighted by molar-refractivity contribution is -0.121. The van der Waals surface area contributed by atoms with E-state index in [9.17, 15) is 9.59 Å². The molecule has 3 aromatic rings. The molecule has 0 bridgehead atoms. The van der Waals surface area contributed by atoms with Crippen molar-refractivity contribution < 1.29 is 9.59 Å². The van der Waals surface area contributed by atoms with E-state index in [1.807, 2.05) is 66.4 Å². The van der Waals surface area contributed by atoms with E-state index in [0.717, 1.165) is 16.9 Å². The molecule has 0 aromatic heterocycles. The molecule has 0 N–H and O–H groups in total. The van der Waals surface area contributed by atoms with Gasteiger partial charge < -0.3 is 9.80 Å². The summed E-state index contributed by atoms with van der Waals surface area (Å²) in [6, 6.07) is 25.4. The largest absolute Gasteiger partial charge is 0.306 e. The molecule has 1 aliphatic heterocycles. The number of carbonyl (C=O) groups is 2. The number of benzene rings is 3. The van der Waals surface area contributed by atoms with Crippen LogP contribution >= 0.6 is 0 Å². The van der Waals surface area contributed by atoms with Crippen molar-refractivity contribution in [3.63, 3.8) is 0 Å². The van der Waals surface area contributed by atoms with E-state index in [-0.39, 0.29) is 17.7 Å². The van der Waals surface area contributed by atoms with Gasteiger partial charge in [0.05, 0.1) is 23.8 Å².